The number of carbonyl (C=O) groups is 2. The molecule has 208 valence electrons. The summed E-state index contributed by atoms with van der Waals surface area (Å²) in [6.07, 6.45) is -6.37. The topological polar surface area (TPSA) is 90.3 Å². The van der Waals surface area contributed by atoms with Gasteiger partial charge >= 0.3 is 12.1 Å². The lowest BCUT2D eigenvalue weighted by Gasteiger charge is -2.15. The van der Waals surface area contributed by atoms with Crippen molar-refractivity contribution in [2.24, 2.45) is 0 Å². The van der Waals surface area contributed by atoms with Gasteiger partial charge in [0.05, 0.1) is 45.3 Å². The number of nitrogens with zero attached hydrogens (tertiary/aromatic N) is 2. The molecule has 0 aliphatic rings. The van der Waals surface area contributed by atoms with Gasteiger partial charge in [-0.05, 0) is 42.8 Å². The summed E-state index contributed by atoms with van der Waals surface area (Å²) < 4.78 is 46.6. The molecular formula is C28H22Cl2F3N3O4. The molecule has 4 aromatic rings. The molecule has 0 saturated carbocycles. The minimum Gasteiger partial charge on any atom is -0.453 e. The number of alkyl halides is 3. The van der Waals surface area contributed by atoms with Crippen LogP contribution in [0.5, 0.6) is 0 Å². The van der Waals surface area contributed by atoms with E-state index in [4.69, 9.17) is 27.9 Å². The maximum absolute atomic E-state index is 13.4. The maximum atomic E-state index is 13.4. The van der Waals surface area contributed by atoms with E-state index in [1.165, 1.54) is 23.6 Å². The Bertz CT molecular complexity index is 1630. The van der Waals surface area contributed by atoms with Crippen molar-refractivity contribution in [3.8, 4) is 0 Å². The molecule has 0 bridgehead atoms. The minimum atomic E-state index is -4.60. The number of amides is 1. The lowest BCUT2D eigenvalue weighted by Crippen LogP contribution is -2.31. The second-order valence-electron chi connectivity index (χ2n) is 8.86. The Morgan fingerprint density at radius 1 is 1.05 bits per heavy atom. The fraction of sp³-hybridized carbons (Fsp3) is 0.214. The number of hydrogen-bond donors (Lipinski definition) is 1. The Hall–Kier alpha value is -3.89. The van der Waals surface area contributed by atoms with Gasteiger partial charge in [0.25, 0.3) is 11.5 Å². The zero-order valence-corrected chi connectivity index (χ0v) is 22.5. The zero-order valence-electron chi connectivity index (χ0n) is 21.0. The van der Waals surface area contributed by atoms with E-state index in [1.807, 2.05) is 0 Å². The normalized spacial score (nSPS) is 12.2. The molecular weight excluding hydrogens is 570 g/mol. The molecule has 0 fully saturated rings. The van der Waals surface area contributed by atoms with Crippen molar-refractivity contribution in [1.29, 1.82) is 0 Å². The molecule has 3 aromatic carbocycles. The number of halogens is 5. The number of esters is 1. The van der Waals surface area contributed by atoms with E-state index in [0.717, 1.165) is 17.7 Å². The van der Waals surface area contributed by atoms with Crippen LogP contribution in [0, 0.1) is 0 Å². The van der Waals surface area contributed by atoms with Gasteiger partial charge in [-0.2, -0.15) is 13.2 Å². The van der Waals surface area contributed by atoms with Crippen LogP contribution in [-0.4, -0.2) is 27.5 Å². The summed E-state index contributed by atoms with van der Waals surface area (Å²) >= 11 is 12.0. The smallest absolute Gasteiger partial charge is 0.416 e. The van der Waals surface area contributed by atoms with Crippen molar-refractivity contribution in [3.05, 3.63) is 104 Å². The number of aryl methyl sites for hydroxylation is 1. The third-order valence-corrected chi connectivity index (χ3v) is 6.80. The predicted octanol–water partition coefficient (Wildman–Crippen LogP) is 6.27. The molecule has 1 aromatic heterocycles. The van der Waals surface area contributed by atoms with Crippen LogP contribution in [0.15, 0.2) is 71.5 Å². The molecule has 1 amide bonds. The third kappa shape index (κ3) is 6.81. The van der Waals surface area contributed by atoms with Gasteiger partial charge in [0.2, 0.25) is 0 Å². The fourth-order valence-electron chi connectivity index (χ4n) is 3.93. The molecule has 0 aliphatic heterocycles. The van der Waals surface area contributed by atoms with Crippen LogP contribution < -0.4 is 10.9 Å². The number of fused-ring (bicyclic) bond motifs is 1. The highest BCUT2D eigenvalue weighted by molar-refractivity contribution is 6.44. The molecule has 0 radical (unpaired) electrons. The van der Waals surface area contributed by atoms with Crippen LogP contribution in [0.4, 0.5) is 18.9 Å². The van der Waals surface area contributed by atoms with Crippen LogP contribution in [0.3, 0.4) is 0 Å². The van der Waals surface area contributed by atoms with Crippen LogP contribution in [0.2, 0.25) is 10.0 Å². The highest BCUT2D eigenvalue weighted by Crippen LogP contribution is 2.31. The monoisotopic (exact) mass is 591 g/mol. The first-order valence-corrected chi connectivity index (χ1v) is 12.8. The molecule has 1 heterocycles. The maximum Gasteiger partial charge on any atom is 0.416 e. The summed E-state index contributed by atoms with van der Waals surface area (Å²) in [5, 5.41) is 2.87. The van der Waals surface area contributed by atoms with Crippen molar-refractivity contribution in [2.45, 2.75) is 38.6 Å². The molecule has 7 nitrogen and oxygen atoms in total. The average molecular weight is 592 g/mol. The van der Waals surface area contributed by atoms with Gasteiger partial charge in [-0.1, -0.05) is 59.6 Å². The minimum absolute atomic E-state index is 0.0418. The number of rotatable bonds is 8. The van der Waals surface area contributed by atoms with Crippen molar-refractivity contribution >= 4 is 51.8 Å². The number of nitrogens with one attached hydrogen (secondary N) is 1. The fourth-order valence-corrected chi connectivity index (χ4v) is 4.27. The van der Waals surface area contributed by atoms with Crippen LogP contribution in [-0.2, 0) is 33.5 Å². The van der Waals surface area contributed by atoms with E-state index in [2.05, 4.69) is 10.3 Å². The molecule has 4 rings (SSSR count). The highest BCUT2D eigenvalue weighted by atomic mass is 35.5. The molecule has 1 N–H and O–H groups in total. The van der Waals surface area contributed by atoms with Gasteiger partial charge < -0.3 is 14.6 Å². The first-order valence-electron chi connectivity index (χ1n) is 12.0. The Morgan fingerprint density at radius 3 is 2.48 bits per heavy atom. The van der Waals surface area contributed by atoms with Gasteiger partial charge in [0.15, 0.2) is 6.10 Å². The first-order chi connectivity index (χ1) is 18.9. The standard InChI is InChI=1S/C28H22Cl2F3N3O4/c1-16(26(38)35-20-9-5-8-19(29)25(20)30)40-24(37)13-11-21-27(39)36(15-17-6-3-2-4-7-17)23-12-10-18(28(31,32)33)14-22(23)34-21/h2-10,12,14,16H,11,13,15H2,1H3,(H,35,38)/t16-/m0/s1. The Morgan fingerprint density at radius 2 is 1.77 bits per heavy atom. The molecule has 0 unspecified atom stereocenters. The van der Waals surface area contributed by atoms with E-state index < -0.39 is 35.3 Å². The highest BCUT2D eigenvalue weighted by Gasteiger charge is 2.31. The van der Waals surface area contributed by atoms with E-state index in [1.54, 1.807) is 42.5 Å². The van der Waals surface area contributed by atoms with Crippen molar-refractivity contribution in [2.75, 3.05) is 5.32 Å². The lowest BCUT2D eigenvalue weighted by molar-refractivity contribution is -0.153. The van der Waals surface area contributed by atoms with Crippen molar-refractivity contribution in [1.82, 2.24) is 9.55 Å². The number of aromatic nitrogens is 2. The number of hydrogen-bond acceptors (Lipinski definition) is 5. The SMILES string of the molecule is C[C@H](OC(=O)CCc1nc2cc(C(F)(F)F)ccc2n(Cc2ccccc2)c1=O)C(=O)Nc1cccc(Cl)c1Cl. The summed E-state index contributed by atoms with van der Waals surface area (Å²) in [6.45, 7) is 1.44. The quantitative estimate of drug-likeness (QED) is 0.244. The Labute approximate surface area is 236 Å². The second kappa shape index (κ2) is 12.1. The van der Waals surface area contributed by atoms with E-state index in [0.29, 0.717) is 0 Å². The molecule has 1 atom stereocenters. The van der Waals surface area contributed by atoms with Gasteiger partial charge in [0, 0.05) is 6.42 Å². The lowest BCUT2D eigenvalue weighted by atomic mass is 10.1. The largest absolute Gasteiger partial charge is 0.453 e. The van der Waals surface area contributed by atoms with Gasteiger partial charge in [-0.15, -0.1) is 0 Å². The van der Waals surface area contributed by atoms with Crippen molar-refractivity contribution in [3.63, 3.8) is 0 Å². The first kappa shape index (κ1) is 29.1. The number of carbonyl (C=O) groups excluding carboxylic acids is 2. The summed E-state index contributed by atoms with van der Waals surface area (Å²) in [5.74, 6) is -1.47. The number of benzene rings is 3. The molecule has 12 heteroatoms. The van der Waals surface area contributed by atoms with Crippen LogP contribution >= 0.6 is 23.2 Å². The van der Waals surface area contributed by atoms with Gasteiger partial charge in [0.1, 0.15) is 5.69 Å². The summed E-state index contributed by atoms with van der Waals surface area (Å²) in [7, 11) is 0. The van der Waals surface area contributed by atoms with E-state index >= 15 is 0 Å². The summed E-state index contributed by atoms with van der Waals surface area (Å²) in [6, 6.07) is 16.5. The average Bonchev–Trinajstić information content (AvgIpc) is 2.91. The third-order valence-electron chi connectivity index (χ3n) is 5.98. The molecule has 0 spiro atoms. The van der Waals surface area contributed by atoms with Crippen LogP contribution in [0.1, 0.15) is 30.2 Å². The van der Waals surface area contributed by atoms with Crippen LogP contribution in [0.25, 0.3) is 11.0 Å². The van der Waals surface area contributed by atoms with Crippen molar-refractivity contribution < 1.29 is 27.5 Å². The number of ether oxygens (including phenoxy) is 1. The predicted molar refractivity (Wildman–Crippen MR) is 146 cm³/mol. The Balaban J connectivity index is 1.53. The van der Waals surface area contributed by atoms with E-state index in [-0.39, 0.29) is 51.8 Å². The van der Waals surface area contributed by atoms with E-state index in [9.17, 15) is 27.6 Å². The molecule has 0 saturated heterocycles. The van der Waals surface area contributed by atoms with Gasteiger partial charge in [-0.3, -0.25) is 14.4 Å². The van der Waals surface area contributed by atoms with Gasteiger partial charge in [-0.25, -0.2) is 4.98 Å². The number of anilines is 1. The molecule has 40 heavy (non-hydrogen) atoms. The second-order valence-corrected chi connectivity index (χ2v) is 9.64. The summed E-state index contributed by atoms with van der Waals surface area (Å²) in [5.41, 5.74) is -0.408. The summed E-state index contributed by atoms with van der Waals surface area (Å²) in [4.78, 5) is 42.5. The molecule has 0 aliphatic carbocycles. The Kier molecular flexibility index (Phi) is 8.80. The zero-order chi connectivity index (χ0) is 29.0.